The lowest BCUT2D eigenvalue weighted by molar-refractivity contribution is -0.106. The standard InChI is InChI=1S/C17H26O2.C6H13NO.CH3NO/c1-2-3-4-5-6-7-8-9-15-10-11-16-17(14-15)19-13-12-18-16;1-8-5-6-3-2-4-7-6;2-1-3/h10-11,14H,2-9,12-13H2,1H3;6-7H,2-5H2,1H3;1H,(H2,2,3). The molecule has 0 aliphatic carbocycles. The van der Waals surface area contributed by atoms with Crippen molar-refractivity contribution in [1.29, 1.82) is 0 Å². The molecular formula is C24H42N2O4. The highest BCUT2D eigenvalue weighted by molar-refractivity contribution is 5.43. The average molecular weight is 423 g/mol. The molecule has 1 amide bonds. The van der Waals surface area contributed by atoms with E-state index in [4.69, 9.17) is 19.0 Å². The predicted molar refractivity (Wildman–Crippen MR) is 122 cm³/mol. The summed E-state index contributed by atoms with van der Waals surface area (Å²) >= 11 is 0. The van der Waals surface area contributed by atoms with Crippen molar-refractivity contribution in [3.05, 3.63) is 23.8 Å². The van der Waals surface area contributed by atoms with Crippen LogP contribution < -0.4 is 20.5 Å². The van der Waals surface area contributed by atoms with Gasteiger partial charge >= 0.3 is 0 Å². The Morgan fingerprint density at radius 3 is 2.40 bits per heavy atom. The number of carbonyl (C=O) groups excluding carboxylic acids is 1. The number of nitrogens with one attached hydrogen (secondary N) is 1. The number of carbonyl (C=O) groups is 1. The van der Waals surface area contributed by atoms with Gasteiger partial charge in [0.05, 0.1) is 6.61 Å². The molecule has 1 fully saturated rings. The number of unbranched alkanes of at least 4 members (excludes halogenated alkanes) is 6. The van der Waals surface area contributed by atoms with Crippen LogP contribution in [-0.4, -0.2) is 45.9 Å². The van der Waals surface area contributed by atoms with Crippen LogP contribution in [0, 0.1) is 0 Å². The van der Waals surface area contributed by atoms with Crippen molar-refractivity contribution in [2.45, 2.75) is 77.2 Å². The Bertz CT molecular complexity index is 548. The van der Waals surface area contributed by atoms with Gasteiger partial charge in [0, 0.05) is 13.2 Å². The molecule has 0 aromatic heterocycles. The van der Waals surface area contributed by atoms with E-state index in [0.717, 1.165) is 24.5 Å². The first-order chi connectivity index (χ1) is 14.7. The fraction of sp³-hybridized carbons (Fsp3) is 0.708. The zero-order chi connectivity index (χ0) is 21.9. The fourth-order valence-corrected chi connectivity index (χ4v) is 3.63. The quantitative estimate of drug-likeness (QED) is 0.435. The topological polar surface area (TPSA) is 82.8 Å². The summed E-state index contributed by atoms with van der Waals surface area (Å²) in [5, 5.41) is 3.33. The molecule has 3 rings (SSSR count). The van der Waals surface area contributed by atoms with E-state index >= 15 is 0 Å². The van der Waals surface area contributed by atoms with Gasteiger partial charge in [0.2, 0.25) is 6.41 Å². The van der Waals surface area contributed by atoms with Gasteiger partial charge in [0.15, 0.2) is 11.5 Å². The minimum Gasteiger partial charge on any atom is -0.486 e. The van der Waals surface area contributed by atoms with Gasteiger partial charge in [-0.15, -0.1) is 0 Å². The van der Waals surface area contributed by atoms with Crippen LogP contribution in [0.4, 0.5) is 0 Å². The number of nitrogens with two attached hydrogens (primary N) is 1. The maximum absolute atomic E-state index is 8.58. The molecule has 6 heteroatoms. The summed E-state index contributed by atoms with van der Waals surface area (Å²) in [5.41, 5.74) is 5.54. The Kier molecular flexibility index (Phi) is 15.8. The number of ether oxygens (including phenoxy) is 3. The molecule has 0 saturated carbocycles. The molecule has 1 atom stereocenters. The first-order valence-corrected chi connectivity index (χ1v) is 11.5. The van der Waals surface area contributed by atoms with Gasteiger partial charge in [0.25, 0.3) is 0 Å². The normalized spacial score (nSPS) is 16.7. The summed E-state index contributed by atoms with van der Waals surface area (Å²) in [6.45, 7) is 5.66. The third kappa shape index (κ3) is 12.0. The molecule has 2 aliphatic rings. The van der Waals surface area contributed by atoms with Crippen LogP contribution >= 0.6 is 0 Å². The Balaban J connectivity index is 0.000000338. The number of benzene rings is 1. The lowest BCUT2D eigenvalue weighted by Gasteiger charge is -2.18. The summed E-state index contributed by atoms with van der Waals surface area (Å²) in [6.07, 6.45) is 13.5. The first kappa shape index (κ1) is 26.2. The average Bonchev–Trinajstić information content (AvgIpc) is 3.28. The number of primary amides is 1. The number of methoxy groups -OCH3 is 1. The molecule has 30 heavy (non-hydrogen) atoms. The summed E-state index contributed by atoms with van der Waals surface area (Å²) in [5.74, 6) is 1.82. The van der Waals surface area contributed by atoms with Crippen LogP contribution in [0.5, 0.6) is 11.5 Å². The van der Waals surface area contributed by atoms with E-state index in [0.29, 0.717) is 19.3 Å². The van der Waals surface area contributed by atoms with Crippen LogP contribution in [0.2, 0.25) is 0 Å². The second-order valence-electron chi connectivity index (χ2n) is 7.73. The highest BCUT2D eigenvalue weighted by Crippen LogP contribution is 2.31. The lowest BCUT2D eigenvalue weighted by Crippen LogP contribution is -2.25. The molecule has 1 aromatic rings. The van der Waals surface area contributed by atoms with Crippen molar-refractivity contribution >= 4 is 6.41 Å². The van der Waals surface area contributed by atoms with E-state index in [9.17, 15) is 0 Å². The number of hydrogen-bond donors (Lipinski definition) is 2. The third-order valence-electron chi connectivity index (χ3n) is 5.21. The van der Waals surface area contributed by atoms with Crippen molar-refractivity contribution in [2.24, 2.45) is 5.73 Å². The van der Waals surface area contributed by atoms with Crippen molar-refractivity contribution in [1.82, 2.24) is 5.32 Å². The highest BCUT2D eigenvalue weighted by Gasteiger charge is 2.12. The number of amides is 1. The number of fused-ring (bicyclic) bond motifs is 1. The molecule has 2 aliphatic heterocycles. The van der Waals surface area contributed by atoms with Crippen molar-refractivity contribution in [2.75, 3.05) is 33.5 Å². The van der Waals surface area contributed by atoms with Gasteiger partial charge in [-0.2, -0.15) is 0 Å². The molecule has 1 aromatic carbocycles. The molecule has 1 saturated heterocycles. The zero-order valence-electron chi connectivity index (χ0n) is 19.0. The molecule has 6 nitrogen and oxygen atoms in total. The Labute approximate surface area is 182 Å². The second kappa shape index (κ2) is 18.0. The molecule has 0 radical (unpaired) electrons. The van der Waals surface area contributed by atoms with Crippen LogP contribution in [0.25, 0.3) is 0 Å². The van der Waals surface area contributed by atoms with Gasteiger partial charge in [-0.1, -0.05) is 51.5 Å². The van der Waals surface area contributed by atoms with Crippen molar-refractivity contribution < 1.29 is 19.0 Å². The smallest absolute Gasteiger partial charge is 0.204 e. The van der Waals surface area contributed by atoms with Crippen LogP contribution in [-0.2, 0) is 16.0 Å². The van der Waals surface area contributed by atoms with Crippen molar-refractivity contribution in [3.8, 4) is 11.5 Å². The van der Waals surface area contributed by atoms with Gasteiger partial charge in [-0.05, 0) is 49.9 Å². The number of rotatable bonds is 10. The summed E-state index contributed by atoms with van der Waals surface area (Å²) in [4.78, 5) is 8.58. The van der Waals surface area contributed by atoms with Crippen molar-refractivity contribution in [3.63, 3.8) is 0 Å². The van der Waals surface area contributed by atoms with Gasteiger partial charge in [-0.25, -0.2) is 0 Å². The monoisotopic (exact) mass is 422 g/mol. The second-order valence-corrected chi connectivity index (χ2v) is 7.73. The van der Waals surface area contributed by atoms with Gasteiger partial charge < -0.3 is 25.3 Å². The lowest BCUT2D eigenvalue weighted by atomic mass is 10.0. The largest absolute Gasteiger partial charge is 0.486 e. The van der Waals surface area contributed by atoms with Crippen LogP contribution in [0.3, 0.4) is 0 Å². The Hall–Kier alpha value is -1.79. The fourth-order valence-electron chi connectivity index (χ4n) is 3.63. The summed E-state index contributed by atoms with van der Waals surface area (Å²) in [6, 6.07) is 7.00. The Morgan fingerprint density at radius 1 is 1.10 bits per heavy atom. The van der Waals surface area contributed by atoms with E-state index in [1.165, 1.54) is 69.9 Å². The molecule has 172 valence electrons. The zero-order valence-corrected chi connectivity index (χ0v) is 19.0. The molecule has 0 spiro atoms. The van der Waals surface area contributed by atoms with Gasteiger partial charge in [0.1, 0.15) is 13.2 Å². The van der Waals surface area contributed by atoms with E-state index in [1.54, 1.807) is 7.11 Å². The SMILES string of the molecule is CCCCCCCCCc1ccc2c(c1)OCCO2.COCC1CCCN1.NC=O. The summed E-state index contributed by atoms with van der Waals surface area (Å²) in [7, 11) is 1.75. The minimum atomic E-state index is 0.250. The maximum atomic E-state index is 8.58. The number of hydrogen-bond acceptors (Lipinski definition) is 5. The molecule has 3 N–H and O–H groups in total. The molecular weight excluding hydrogens is 380 g/mol. The Morgan fingerprint density at radius 2 is 1.77 bits per heavy atom. The molecule has 0 bridgehead atoms. The molecule has 2 heterocycles. The first-order valence-electron chi connectivity index (χ1n) is 11.5. The minimum absolute atomic E-state index is 0.250. The number of aryl methyl sites for hydroxylation is 1. The van der Waals surface area contributed by atoms with Crippen LogP contribution in [0.15, 0.2) is 18.2 Å². The maximum Gasteiger partial charge on any atom is 0.204 e. The van der Waals surface area contributed by atoms with E-state index in [-0.39, 0.29) is 6.41 Å². The van der Waals surface area contributed by atoms with E-state index in [2.05, 4.69) is 30.1 Å². The van der Waals surface area contributed by atoms with Gasteiger partial charge in [-0.3, -0.25) is 4.79 Å². The highest BCUT2D eigenvalue weighted by atomic mass is 16.6. The summed E-state index contributed by atoms with van der Waals surface area (Å²) < 4.78 is 16.1. The van der Waals surface area contributed by atoms with Crippen LogP contribution in [0.1, 0.15) is 70.3 Å². The molecule has 1 unspecified atom stereocenters. The van der Waals surface area contributed by atoms with E-state index < -0.39 is 0 Å². The predicted octanol–water partition coefficient (Wildman–Crippen LogP) is 4.24. The van der Waals surface area contributed by atoms with E-state index in [1.807, 2.05) is 6.07 Å². The third-order valence-corrected chi connectivity index (χ3v) is 5.21.